The van der Waals surface area contributed by atoms with Crippen LogP contribution in [0.5, 0.6) is 0 Å². The van der Waals surface area contributed by atoms with Crippen LogP contribution in [0.15, 0.2) is 0 Å². The Morgan fingerprint density at radius 2 is 2.14 bits per heavy atom. The van der Waals surface area contributed by atoms with Crippen LogP contribution in [0.2, 0.25) is 0 Å². The fraction of sp³-hybridized carbons (Fsp3) is 1.00. The molecule has 0 radical (unpaired) electrons. The molecule has 0 aromatic rings. The van der Waals surface area contributed by atoms with Crippen molar-refractivity contribution < 1.29 is 4.74 Å². The van der Waals surface area contributed by atoms with Crippen molar-refractivity contribution in [3.05, 3.63) is 0 Å². The van der Waals surface area contributed by atoms with Gasteiger partial charge in [0.25, 0.3) is 0 Å². The molecule has 1 atom stereocenters. The molecular formula is C11H22ClNO. The van der Waals surface area contributed by atoms with E-state index in [0.29, 0.717) is 5.38 Å². The van der Waals surface area contributed by atoms with Crippen LogP contribution in [0.3, 0.4) is 0 Å². The number of rotatable bonds is 7. The summed E-state index contributed by atoms with van der Waals surface area (Å²) in [6.45, 7) is 6.13. The largest absolute Gasteiger partial charge is 0.379 e. The van der Waals surface area contributed by atoms with Gasteiger partial charge in [0.15, 0.2) is 0 Å². The molecular weight excluding hydrogens is 198 g/mol. The Kier molecular flexibility index (Phi) is 4.68. The highest BCUT2D eigenvalue weighted by Gasteiger charge is 2.29. The number of halogens is 1. The maximum absolute atomic E-state index is 6.17. The summed E-state index contributed by atoms with van der Waals surface area (Å²) in [6, 6.07) is 0. The van der Waals surface area contributed by atoms with Gasteiger partial charge < -0.3 is 10.1 Å². The molecule has 0 aromatic heterocycles. The first kappa shape index (κ1) is 12.3. The van der Waals surface area contributed by atoms with E-state index in [-0.39, 0.29) is 5.60 Å². The molecule has 1 fully saturated rings. The van der Waals surface area contributed by atoms with Gasteiger partial charge >= 0.3 is 0 Å². The van der Waals surface area contributed by atoms with Gasteiger partial charge in [-0.25, -0.2) is 0 Å². The van der Waals surface area contributed by atoms with Crippen molar-refractivity contribution >= 4 is 11.6 Å². The third kappa shape index (κ3) is 4.63. The minimum Gasteiger partial charge on any atom is -0.379 e. The predicted octanol–water partition coefficient (Wildman–Crippen LogP) is 2.41. The summed E-state index contributed by atoms with van der Waals surface area (Å²) in [5.74, 6) is 0.777. The van der Waals surface area contributed by atoms with Crippen LogP contribution in [0.25, 0.3) is 0 Å². The summed E-state index contributed by atoms with van der Waals surface area (Å²) >= 11 is 6.17. The maximum atomic E-state index is 6.17. The third-order valence-corrected chi connectivity index (χ3v) is 3.44. The Balaban J connectivity index is 1.98. The first-order valence-electron chi connectivity index (χ1n) is 5.45. The quantitative estimate of drug-likeness (QED) is 0.525. The number of nitrogens with one attached hydrogen (secondary N) is 1. The minimum atomic E-state index is -0.0195. The Morgan fingerprint density at radius 3 is 2.64 bits per heavy atom. The maximum Gasteiger partial charge on any atom is 0.0634 e. The lowest BCUT2D eigenvalue weighted by molar-refractivity contribution is 0.0159. The summed E-state index contributed by atoms with van der Waals surface area (Å²) in [5.41, 5.74) is -0.0195. The molecule has 0 amide bonds. The minimum absolute atomic E-state index is 0.0195. The van der Waals surface area contributed by atoms with Gasteiger partial charge in [0.05, 0.1) is 5.60 Å². The van der Waals surface area contributed by atoms with E-state index < -0.39 is 0 Å². The molecule has 1 aliphatic carbocycles. The molecule has 1 N–H and O–H groups in total. The molecule has 1 rings (SSSR count). The zero-order valence-electron chi connectivity index (χ0n) is 9.48. The van der Waals surface area contributed by atoms with E-state index in [1.54, 1.807) is 7.11 Å². The molecule has 0 heterocycles. The zero-order valence-corrected chi connectivity index (χ0v) is 10.2. The molecule has 0 bridgehead atoms. The monoisotopic (exact) mass is 219 g/mol. The Labute approximate surface area is 92.3 Å². The molecule has 0 aliphatic heterocycles. The van der Waals surface area contributed by atoms with E-state index in [9.17, 15) is 0 Å². The number of hydrogen-bond acceptors (Lipinski definition) is 2. The van der Waals surface area contributed by atoms with E-state index in [1.165, 1.54) is 12.8 Å². The lowest BCUT2D eigenvalue weighted by Crippen LogP contribution is -2.32. The molecule has 0 saturated heterocycles. The second kappa shape index (κ2) is 5.34. The van der Waals surface area contributed by atoms with Gasteiger partial charge in [0.1, 0.15) is 0 Å². The van der Waals surface area contributed by atoms with E-state index in [1.807, 2.05) is 0 Å². The topological polar surface area (TPSA) is 21.3 Å². The SMILES string of the molecule is COC(C)(C)CCNCC(Cl)C1CC1. The van der Waals surface area contributed by atoms with E-state index in [2.05, 4.69) is 19.2 Å². The average Bonchev–Trinajstić information content (AvgIpc) is 2.95. The van der Waals surface area contributed by atoms with Gasteiger partial charge in [-0.05, 0) is 45.6 Å². The van der Waals surface area contributed by atoms with Crippen LogP contribution in [0.1, 0.15) is 33.1 Å². The van der Waals surface area contributed by atoms with Gasteiger partial charge in [-0.3, -0.25) is 0 Å². The summed E-state index contributed by atoms with van der Waals surface area (Å²) in [5, 5.41) is 3.72. The van der Waals surface area contributed by atoms with Crippen molar-refractivity contribution in [2.75, 3.05) is 20.2 Å². The summed E-state index contributed by atoms with van der Waals surface area (Å²) in [4.78, 5) is 0. The summed E-state index contributed by atoms with van der Waals surface area (Å²) < 4.78 is 5.33. The molecule has 0 aromatic carbocycles. The Hall–Kier alpha value is 0.210. The van der Waals surface area contributed by atoms with Crippen molar-refractivity contribution in [3.63, 3.8) is 0 Å². The second-order valence-electron chi connectivity index (χ2n) is 4.77. The predicted molar refractivity (Wildman–Crippen MR) is 60.9 cm³/mol. The number of hydrogen-bond donors (Lipinski definition) is 1. The van der Waals surface area contributed by atoms with E-state index in [4.69, 9.17) is 16.3 Å². The Bertz CT molecular complexity index is 169. The smallest absolute Gasteiger partial charge is 0.0634 e. The van der Waals surface area contributed by atoms with Crippen molar-refractivity contribution in [2.45, 2.75) is 44.1 Å². The highest BCUT2D eigenvalue weighted by molar-refractivity contribution is 6.21. The van der Waals surface area contributed by atoms with E-state index >= 15 is 0 Å². The summed E-state index contributed by atoms with van der Waals surface area (Å²) in [7, 11) is 1.76. The van der Waals surface area contributed by atoms with Crippen LogP contribution < -0.4 is 5.32 Å². The Morgan fingerprint density at radius 1 is 1.50 bits per heavy atom. The van der Waals surface area contributed by atoms with Crippen LogP contribution in [0.4, 0.5) is 0 Å². The molecule has 84 valence electrons. The molecule has 14 heavy (non-hydrogen) atoms. The van der Waals surface area contributed by atoms with Crippen molar-refractivity contribution in [1.82, 2.24) is 5.32 Å². The van der Waals surface area contributed by atoms with Crippen LogP contribution >= 0.6 is 11.6 Å². The lowest BCUT2D eigenvalue weighted by Gasteiger charge is -2.23. The van der Waals surface area contributed by atoms with Crippen molar-refractivity contribution in [1.29, 1.82) is 0 Å². The highest BCUT2D eigenvalue weighted by Crippen LogP contribution is 2.35. The molecule has 2 nitrogen and oxygen atoms in total. The van der Waals surface area contributed by atoms with Gasteiger partial charge in [0.2, 0.25) is 0 Å². The van der Waals surface area contributed by atoms with Crippen LogP contribution in [-0.2, 0) is 4.74 Å². The van der Waals surface area contributed by atoms with Gasteiger partial charge in [0, 0.05) is 19.0 Å². The van der Waals surface area contributed by atoms with E-state index in [0.717, 1.165) is 25.4 Å². The second-order valence-corrected chi connectivity index (χ2v) is 5.33. The van der Waals surface area contributed by atoms with Crippen molar-refractivity contribution in [3.8, 4) is 0 Å². The lowest BCUT2D eigenvalue weighted by atomic mass is 10.1. The van der Waals surface area contributed by atoms with Crippen LogP contribution in [-0.4, -0.2) is 31.2 Å². The molecule has 1 unspecified atom stereocenters. The number of ether oxygens (including phenoxy) is 1. The average molecular weight is 220 g/mol. The first-order chi connectivity index (χ1) is 6.55. The number of methoxy groups -OCH3 is 1. The highest BCUT2D eigenvalue weighted by atomic mass is 35.5. The third-order valence-electron chi connectivity index (χ3n) is 2.93. The van der Waals surface area contributed by atoms with Crippen LogP contribution in [0, 0.1) is 5.92 Å². The summed E-state index contributed by atoms with van der Waals surface area (Å²) in [6.07, 6.45) is 3.66. The normalized spacial score (nSPS) is 19.7. The first-order valence-corrected chi connectivity index (χ1v) is 5.89. The standard InChI is InChI=1S/C11H22ClNO/c1-11(2,14-3)6-7-13-8-10(12)9-4-5-9/h9-10,13H,4-8H2,1-3H3. The molecule has 3 heteroatoms. The molecule has 1 aliphatic rings. The van der Waals surface area contributed by atoms with Gasteiger partial charge in [-0.1, -0.05) is 0 Å². The fourth-order valence-corrected chi connectivity index (χ4v) is 1.72. The zero-order chi connectivity index (χ0) is 10.6. The molecule has 0 spiro atoms. The number of alkyl halides is 1. The molecule has 1 saturated carbocycles. The van der Waals surface area contributed by atoms with Gasteiger partial charge in [-0.2, -0.15) is 0 Å². The van der Waals surface area contributed by atoms with Gasteiger partial charge in [-0.15, -0.1) is 11.6 Å². The van der Waals surface area contributed by atoms with Crippen molar-refractivity contribution in [2.24, 2.45) is 5.92 Å². The fourth-order valence-electron chi connectivity index (χ4n) is 1.36.